The van der Waals surface area contributed by atoms with Crippen molar-refractivity contribution in [2.75, 3.05) is 19.5 Å². The number of hydrogen-bond acceptors (Lipinski definition) is 5. The van der Waals surface area contributed by atoms with Crippen molar-refractivity contribution in [1.82, 2.24) is 0 Å². The summed E-state index contributed by atoms with van der Waals surface area (Å²) in [5.74, 6) is -0.0116. The Morgan fingerprint density at radius 2 is 1.71 bits per heavy atom. The van der Waals surface area contributed by atoms with Gasteiger partial charge < -0.3 is 24.6 Å². The van der Waals surface area contributed by atoms with Crippen LogP contribution in [-0.4, -0.2) is 25.3 Å². The summed E-state index contributed by atoms with van der Waals surface area (Å²) in [6.45, 7) is 0.543. The van der Waals surface area contributed by atoms with Crippen LogP contribution in [0.5, 0.6) is 17.2 Å². The maximum Gasteiger partial charge on any atom is 0.335 e. The maximum atomic E-state index is 13.1. The second kappa shape index (κ2) is 10.0. The molecule has 6 nitrogen and oxygen atoms in total. The van der Waals surface area contributed by atoms with Crippen LogP contribution in [0.15, 0.2) is 54.6 Å². The highest BCUT2D eigenvalue weighted by Gasteiger charge is 2.14. The SMILES string of the molecule is COc1ccc(C(=O)O)cc1NCc1cc(Cl)c(OCc2ccc(F)cc2)c(OC)c1. The zero-order valence-electron chi connectivity index (χ0n) is 16.9. The number of nitrogens with one attached hydrogen (secondary N) is 1. The van der Waals surface area contributed by atoms with Crippen LogP contribution in [0.1, 0.15) is 21.5 Å². The molecule has 3 rings (SSSR count). The average Bonchev–Trinajstić information content (AvgIpc) is 2.77. The van der Waals surface area contributed by atoms with Gasteiger partial charge in [-0.15, -0.1) is 0 Å². The molecular weight excluding hydrogens is 425 g/mol. The summed E-state index contributed by atoms with van der Waals surface area (Å²) in [7, 11) is 3.01. The molecule has 0 spiro atoms. The van der Waals surface area contributed by atoms with Crippen LogP contribution >= 0.6 is 11.6 Å². The molecule has 0 saturated heterocycles. The van der Waals surface area contributed by atoms with E-state index < -0.39 is 5.97 Å². The third-order valence-corrected chi connectivity index (χ3v) is 4.80. The molecular formula is C23H21ClFNO5. The van der Waals surface area contributed by atoms with Gasteiger partial charge in [-0.05, 0) is 53.6 Å². The monoisotopic (exact) mass is 445 g/mol. The highest BCUT2D eigenvalue weighted by Crippen LogP contribution is 2.37. The lowest BCUT2D eigenvalue weighted by atomic mass is 10.1. The van der Waals surface area contributed by atoms with E-state index in [4.69, 9.17) is 25.8 Å². The van der Waals surface area contributed by atoms with Gasteiger partial charge in [-0.25, -0.2) is 9.18 Å². The second-order valence-corrected chi connectivity index (χ2v) is 7.01. The molecule has 3 aromatic rings. The van der Waals surface area contributed by atoms with Gasteiger partial charge in [0.1, 0.15) is 18.2 Å². The summed E-state index contributed by atoms with van der Waals surface area (Å²) in [6, 6.07) is 14.0. The molecule has 0 aromatic heterocycles. The van der Waals surface area contributed by atoms with Crippen molar-refractivity contribution in [3.63, 3.8) is 0 Å². The molecule has 0 unspecified atom stereocenters. The van der Waals surface area contributed by atoms with Gasteiger partial charge in [0.15, 0.2) is 11.5 Å². The van der Waals surface area contributed by atoms with E-state index >= 15 is 0 Å². The van der Waals surface area contributed by atoms with E-state index in [0.29, 0.717) is 34.5 Å². The Morgan fingerprint density at radius 3 is 2.35 bits per heavy atom. The quantitative estimate of drug-likeness (QED) is 0.460. The number of methoxy groups -OCH3 is 2. The van der Waals surface area contributed by atoms with Crippen LogP contribution in [0.25, 0.3) is 0 Å². The lowest BCUT2D eigenvalue weighted by molar-refractivity contribution is 0.0697. The minimum atomic E-state index is -1.03. The second-order valence-electron chi connectivity index (χ2n) is 6.60. The van der Waals surface area contributed by atoms with Crippen LogP contribution in [-0.2, 0) is 13.2 Å². The van der Waals surface area contributed by atoms with Crippen molar-refractivity contribution >= 4 is 23.3 Å². The number of halogens is 2. The summed E-state index contributed by atoms with van der Waals surface area (Å²) >= 11 is 6.42. The lowest BCUT2D eigenvalue weighted by Crippen LogP contribution is -2.05. The number of carbonyl (C=O) groups is 1. The molecule has 0 fully saturated rings. The first kappa shape index (κ1) is 22.2. The number of benzene rings is 3. The van der Waals surface area contributed by atoms with E-state index in [1.54, 1.807) is 30.3 Å². The maximum absolute atomic E-state index is 13.1. The summed E-state index contributed by atoms with van der Waals surface area (Å²) in [6.07, 6.45) is 0. The smallest absolute Gasteiger partial charge is 0.335 e. The lowest BCUT2D eigenvalue weighted by Gasteiger charge is -2.16. The van der Waals surface area contributed by atoms with Crippen molar-refractivity contribution in [2.24, 2.45) is 0 Å². The Labute approximate surface area is 184 Å². The molecule has 0 bridgehead atoms. The van der Waals surface area contributed by atoms with Crippen LogP contribution in [0.3, 0.4) is 0 Å². The number of ether oxygens (including phenoxy) is 3. The van der Waals surface area contributed by atoms with Gasteiger partial charge >= 0.3 is 5.97 Å². The molecule has 2 N–H and O–H groups in total. The molecule has 0 saturated carbocycles. The Kier molecular flexibility index (Phi) is 7.20. The minimum Gasteiger partial charge on any atom is -0.495 e. The number of aromatic carboxylic acids is 1. The van der Waals surface area contributed by atoms with Gasteiger partial charge in [-0.1, -0.05) is 23.7 Å². The molecule has 0 aliphatic carbocycles. The number of carboxylic acid groups (broad SMARTS) is 1. The van der Waals surface area contributed by atoms with E-state index in [1.807, 2.05) is 0 Å². The Hall–Kier alpha value is -3.45. The van der Waals surface area contributed by atoms with Crippen molar-refractivity contribution < 1.29 is 28.5 Å². The van der Waals surface area contributed by atoms with Crippen molar-refractivity contribution in [3.8, 4) is 17.2 Å². The molecule has 0 aliphatic rings. The van der Waals surface area contributed by atoms with Gasteiger partial charge in [0.25, 0.3) is 0 Å². The molecule has 162 valence electrons. The van der Waals surface area contributed by atoms with Gasteiger partial charge in [0.2, 0.25) is 0 Å². The van der Waals surface area contributed by atoms with Gasteiger partial charge in [0, 0.05) is 6.54 Å². The minimum absolute atomic E-state index is 0.142. The van der Waals surface area contributed by atoms with Gasteiger partial charge in [0.05, 0.1) is 30.5 Å². The van der Waals surface area contributed by atoms with Crippen LogP contribution in [0.4, 0.5) is 10.1 Å². The molecule has 31 heavy (non-hydrogen) atoms. The van der Waals surface area contributed by atoms with Gasteiger partial charge in [-0.3, -0.25) is 0 Å². The van der Waals surface area contributed by atoms with Crippen LogP contribution < -0.4 is 19.5 Å². The summed E-state index contributed by atoms with van der Waals surface area (Å²) in [4.78, 5) is 11.2. The zero-order chi connectivity index (χ0) is 22.4. The van der Waals surface area contributed by atoms with E-state index in [2.05, 4.69) is 5.32 Å². The molecule has 0 amide bonds. The molecule has 0 radical (unpaired) electrons. The predicted molar refractivity (Wildman–Crippen MR) is 116 cm³/mol. The fourth-order valence-corrected chi connectivity index (χ4v) is 3.22. The third-order valence-electron chi connectivity index (χ3n) is 4.52. The fourth-order valence-electron chi connectivity index (χ4n) is 2.93. The molecule has 3 aromatic carbocycles. The standard InChI is InChI=1S/C23H21ClFNO5/c1-29-20-8-5-16(23(27)28)11-19(20)26-12-15-9-18(24)22(21(10-15)30-2)31-13-14-3-6-17(25)7-4-14/h3-11,26H,12-13H2,1-2H3,(H,27,28). The highest BCUT2D eigenvalue weighted by molar-refractivity contribution is 6.32. The summed E-state index contributed by atoms with van der Waals surface area (Å²) in [5, 5.41) is 12.7. The molecule has 0 atom stereocenters. The van der Waals surface area contributed by atoms with Crippen LogP contribution in [0.2, 0.25) is 5.02 Å². The first-order chi connectivity index (χ1) is 14.9. The fraction of sp³-hybridized carbons (Fsp3) is 0.174. The number of anilines is 1. The number of carboxylic acids is 1. The van der Waals surface area contributed by atoms with Gasteiger partial charge in [-0.2, -0.15) is 0 Å². The Bertz CT molecular complexity index is 1070. The third kappa shape index (κ3) is 5.58. The topological polar surface area (TPSA) is 77.0 Å². The Balaban J connectivity index is 1.76. The van der Waals surface area contributed by atoms with Crippen LogP contribution in [0, 0.1) is 5.82 Å². The normalized spacial score (nSPS) is 10.5. The van der Waals surface area contributed by atoms with E-state index in [1.165, 1.54) is 38.5 Å². The van der Waals surface area contributed by atoms with E-state index in [-0.39, 0.29) is 18.0 Å². The van der Waals surface area contributed by atoms with Crippen molar-refractivity contribution in [1.29, 1.82) is 0 Å². The summed E-state index contributed by atoms with van der Waals surface area (Å²) in [5.41, 5.74) is 2.26. The Morgan fingerprint density at radius 1 is 1.00 bits per heavy atom. The first-order valence-corrected chi connectivity index (χ1v) is 9.68. The number of rotatable bonds is 9. The summed E-state index contributed by atoms with van der Waals surface area (Å²) < 4.78 is 29.6. The predicted octanol–water partition coefficient (Wildman–Crippen LogP) is 5.39. The molecule has 0 aliphatic heterocycles. The first-order valence-electron chi connectivity index (χ1n) is 9.30. The largest absolute Gasteiger partial charge is 0.495 e. The molecule has 8 heteroatoms. The van der Waals surface area contributed by atoms with Crippen molar-refractivity contribution in [2.45, 2.75) is 13.2 Å². The van der Waals surface area contributed by atoms with Crippen molar-refractivity contribution in [3.05, 3.63) is 82.1 Å². The average molecular weight is 446 g/mol. The molecule has 0 heterocycles. The van der Waals surface area contributed by atoms with E-state index in [9.17, 15) is 14.3 Å². The van der Waals surface area contributed by atoms with E-state index in [0.717, 1.165) is 11.1 Å². The number of hydrogen-bond donors (Lipinski definition) is 2. The zero-order valence-corrected chi connectivity index (χ0v) is 17.7. The highest BCUT2D eigenvalue weighted by atomic mass is 35.5.